The Morgan fingerprint density at radius 1 is 1.24 bits per heavy atom. The number of hydrogen-bond donors (Lipinski definition) is 4. The third kappa shape index (κ3) is 6.01. The van der Waals surface area contributed by atoms with Crippen molar-refractivity contribution in [1.82, 2.24) is 0 Å². The Labute approximate surface area is 250 Å². The molecular formula is C29H31IN2O9. The van der Waals surface area contributed by atoms with Crippen LogP contribution in [0, 0.1) is 31.4 Å². The minimum atomic E-state index is -1.09. The summed E-state index contributed by atoms with van der Waals surface area (Å²) in [5.74, 6) is -3.52. The number of rotatable bonds is 10. The molecule has 2 aromatic rings. The van der Waals surface area contributed by atoms with Gasteiger partial charge in [0.05, 0.1) is 52.4 Å². The maximum atomic E-state index is 13.6. The molecule has 4 N–H and O–H groups in total. The summed E-state index contributed by atoms with van der Waals surface area (Å²) in [5.41, 5.74) is 2.26. The molecule has 2 amide bonds. The molecule has 1 aliphatic carbocycles. The van der Waals surface area contributed by atoms with Gasteiger partial charge >= 0.3 is 0 Å². The first kappa shape index (κ1) is 30.6. The third-order valence-electron chi connectivity index (χ3n) is 7.73. The number of allylic oxidation sites excluding steroid dienone is 1. The summed E-state index contributed by atoms with van der Waals surface area (Å²) in [6.07, 6.45) is 1.51. The number of fused-ring (bicyclic) bond motifs is 1. The Bertz CT molecular complexity index is 1440. The lowest BCUT2D eigenvalue weighted by Gasteiger charge is -2.36. The van der Waals surface area contributed by atoms with Crippen LogP contribution in [0.2, 0.25) is 0 Å². The van der Waals surface area contributed by atoms with Crippen molar-refractivity contribution in [3.63, 3.8) is 0 Å². The number of aromatic hydroxyl groups is 1. The van der Waals surface area contributed by atoms with Gasteiger partial charge in [0.2, 0.25) is 11.8 Å². The van der Waals surface area contributed by atoms with E-state index in [4.69, 9.17) is 4.74 Å². The smallest absolute Gasteiger partial charge is 0.271 e. The molecule has 1 heterocycles. The van der Waals surface area contributed by atoms with Crippen LogP contribution >= 0.6 is 22.6 Å². The van der Waals surface area contributed by atoms with Gasteiger partial charge < -0.3 is 25.2 Å². The van der Waals surface area contributed by atoms with Crippen LogP contribution < -0.4 is 9.64 Å². The Balaban J connectivity index is 1.57. The normalized spacial score (nSPS) is 21.8. The Hall–Kier alpha value is -3.33. The molecule has 0 spiro atoms. The monoisotopic (exact) mass is 678 g/mol. The summed E-state index contributed by atoms with van der Waals surface area (Å²) in [5, 5.41) is 53.1. The van der Waals surface area contributed by atoms with Crippen molar-refractivity contribution in [2.45, 2.75) is 32.3 Å². The molecule has 2 aromatic carbocycles. The van der Waals surface area contributed by atoms with Gasteiger partial charge in [0.15, 0.2) is 11.5 Å². The largest absolute Gasteiger partial charge is 0.504 e. The number of methoxy groups -OCH3 is 1. The zero-order chi connectivity index (χ0) is 30.0. The number of carbonyl (C=O) groups is 2. The summed E-state index contributed by atoms with van der Waals surface area (Å²) in [4.78, 5) is 38.5. The van der Waals surface area contributed by atoms with Crippen molar-refractivity contribution < 1.29 is 39.7 Å². The summed E-state index contributed by atoms with van der Waals surface area (Å²) in [7, 11) is 1.46. The first-order chi connectivity index (χ1) is 19.5. The van der Waals surface area contributed by atoms with Gasteiger partial charge in [-0.05, 0) is 83.7 Å². The number of amides is 2. The van der Waals surface area contributed by atoms with Crippen molar-refractivity contribution in [2.75, 3.05) is 25.2 Å². The lowest BCUT2D eigenvalue weighted by Crippen LogP contribution is -2.39. The summed E-state index contributed by atoms with van der Waals surface area (Å²) in [6.45, 7) is 0.904. The van der Waals surface area contributed by atoms with E-state index in [1.54, 1.807) is 12.1 Å². The highest BCUT2D eigenvalue weighted by atomic mass is 127. The van der Waals surface area contributed by atoms with Crippen molar-refractivity contribution in [3.8, 4) is 11.5 Å². The maximum Gasteiger partial charge on any atom is 0.271 e. The van der Waals surface area contributed by atoms with Crippen molar-refractivity contribution in [3.05, 3.63) is 72.4 Å². The molecule has 0 radical (unpaired) electrons. The number of halogens is 1. The van der Waals surface area contributed by atoms with E-state index < -0.39 is 53.8 Å². The number of phenolic OH excluding ortho intramolecular Hbond substituents is 1. The fourth-order valence-electron chi connectivity index (χ4n) is 5.81. The SMILES string of the molecule is COc1cc(/C=C(\C)CC[C@@H](O)C2=C(CO)C[C@H]3C(=O)N(c4cccc([N+](=O)[O-])c4)C(=O)[C@H]3[C@H]2CO)cc(I)c1O. The highest BCUT2D eigenvalue weighted by Gasteiger charge is 2.55. The molecule has 1 saturated heterocycles. The molecule has 218 valence electrons. The summed E-state index contributed by atoms with van der Waals surface area (Å²) < 4.78 is 5.84. The molecule has 0 bridgehead atoms. The number of aliphatic hydroxyl groups is 3. The van der Waals surface area contributed by atoms with E-state index in [9.17, 15) is 40.1 Å². The highest BCUT2D eigenvalue weighted by molar-refractivity contribution is 14.1. The quantitative estimate of drug-likeness (QED) is 0.0965. The lowest BCUT2D eigenvalue weighted by molar-refractivity contribution is -0.384. The number of nitro groups is 1. The minimum absolute atomic E-state index is 0.0284. The molecule has 4 rings (SSSR count). The van der Waals surface area contributed by atoms with Crippen LogP contribution in [-0.4, -0.2) is 63.6 Å². The molecule has 0 saturated carbocycles. The van der Waals surface area contributed by atoms with E-state index >= 15 is 0 Å². The second-order valence-electron chi connectivity index (χ2n) is 10.2. The molecule has 0 unspecified atom stereocenters. The number of nitrogens with zero attached hydrogens (tertiary/aromatic N) is 2. The average Bonchev–Trinajstić information content (AvgIpc) is 3.21. The molecule has 1 fully saturated rings. The molecule has 11 nitrogen and oxygen atoms in total. The van der Waals surface area contributed by atoms with Crippen LogP contribution in [0.15, 0.2) is 53.1 Å². The number of phenols is 1. The van der Waals surface area contributed by atoms with Crippen molar-refractivity contribution >= 4 is 51.9 Å². The Morgan fingerprint density at radius 2 is 1.98 bits per heavy atom. The van der Waals surface area contributed by atoms with Gasteiger partial charge in [-0.3, -0.25) is 19.7 Å². The fourth-order valence-corrected chi connectivity index (χ4v) is 6.44. The number of aliphatic hydroxyl groups excluding tert-OH is 3. The number of benzene rings is 2. The van der Waals surface area contributed by atoms with Crippen LogP contribution in [0.4, 0.5) is 11.4 Å². The van der Waals surface area contributed by atoms with Crippen LogP contribution in [0.5, 0.6) is 11.5 Å². The second-order valence-corrected chi connectivity index (χ2v) is 11.4. The van der Waals surface area contributed by atoms with E-state index in [-0.39, 0.29) is 30.0 Å². The molecule has 0 aromatic heterocycles. The summed E-state index contributed by atoms with van der Waals surface area (Å²) in [6, 6.07) is 8.72. The average molecular weight is 678 g/mol. The van der Waals surface area contributed by atoms with E-state index in [2.05, 4.69) is 0 Å². The molecular weight excluding hydrogens is 647 g/mol. The van der Waals surface area contributed by atoms with Gasteiger partial charge in [-0.25, -0.2) is 4.90 Å². The first-order valence-electron chi connectivity index (χ1n) is 13.0. The molecule has 41 heavy (non-hydrogen) atoms. The fraction of sp³-hybridized carbons (Fsp3) is 0.379. The van der Waals surface area contributed by atoms with Gasteiger partial charge in [-0.2, -0.15) is 0 Å². The van der Waals surface area contributed by atoms with Crippen LogP contribution in [0.25, 0.3) is 6.08 Å². The topological polar surface area (TPSA) is 171 Å². The third-order valence-corrected chi connectivity index (χ3v) is 8.55. The number of carbonyl (C=O) groups excluding carboxylic acids is 2. The zero-order valence-corrected chi connectivity index (χ0v) is 24.6. The Kier molecular flexibility index (Phi) is 9.47. The summed E-state index contributed by atoms with van der Waals surface area (Å²) >= 11 is 2.01. The number of anilines is 1. The number of imide groups is 1. The molecule has 2 aliphatic rings. The van der Waals surface area contributed by atoms with Crippen LogP contribution in [-0.2, 0) is 9.59 Å². The lowest BCUT2D eigenvalue weighted by atomic mass is 9.68. The number of ether oxygens (including phenoxy) is 1. The number of hydrogen-bond acceptors (Lipinski definition) is 9. The molecule has 4 atom stereocenters. The van der Waals surface area contributed by atoms with Gasteiger partial charge in [-0.1, -0.05) is 17.7 Å². The predicted molar refractivity (Wildman–Crippen MR) is 158 cm³/mol. The van der Waals surface area contributed by atoms with E-state index in [1.807, 2.05) is 35.6 Å². The van der Waals surface area contributed by atoms with Gasteiger partial charge in [0, 0.05) is 18.1 Å². The van der Waals surface area contributed by atoms with E-state index in [1.165, 1.54) is 25.3 Å². The zero-order valence-electron chi connectivity index (χ0n) is 22.5. The van der Waals surface area contributed by atoms with Gasteiger partial charge in [0.25, 0.3) is 5.69 Å². The maximum absolute atomic E-state index is 13.6. The van der Waals surface area contributed by atoms with Crippen LogP contribution in [0.3, 0.4) is 0 Å². The Morgan fingerprint density at radius 3 is 2.61 bits per heavy atom. The predicted octanol–water partition coefficient (Wildman–Crippen LogP) is 3.56. The highest BCUT2D eigenvalue weighted by Crippen LogP contribution is 2.47. The minimum Gasteiger partial charge on any atom is -0.504 e. The molecule has 1 aliphatic heterocycles. The molecule has 12 heteroatoms. The van der Waals surface area contributed by atoms with Crippen molar-refractivity contribution in [2.24, 2.45) is 17.8 Å². The van der Waals surface area contributed by atoms with Crippen LogP contribution in [0.1, 0.15) is 31.7 Å². The van der Waals surface area contributed by atoms with E-state index in [0.29, 0.717) is 26.9 Å². The van der Waals surface area contributed by atoms with Crippen molar-refractivity contribution in [1.29, 1.82) is 0 Å². The van der Waals surface area contributed by atoms with Gasteiger partial charge in [0.1, 0.15) is 0 Å². The first-order valence-corrected chi connectivity index (χ1v) is 14.1. The number of nitro benzene ring substituents is 1. The standard InChI is InChI=1S/C29H31IN2O9/c1-15(8-16-9-22(30)27(36)24(10-16)41-2)6-7-23(35)25-17(13-33)11-20-26(21(25)14-34)29(38)31(28(20)37)18-4-3-5-19(12-18)32(39)40/h3-5,8-10,12,20-21,23,26,33-36H,6-7,11,13-14H2,1-2H3/b15-8+/t20-,21+,23-,26-/m1/s1. The number of non-ortho nitro benzene ring substituents is 1. The van der Waals surface area contributed by atoms with Gasteiger partial charge in [-0.15, -0.1) is 0 Å². The van der Waals surface area contributed by atoms with E-state index in [0.717, 1.165) is 22.1 Å². The second kappa shape index (κ2) is 12.7.